The average molecular weight is 386 g/mol. The summed E-state index contributed by atoms with van der Waals surface area (Å²) in [5.41, 5.74) is 2.53. The Kier molecular flexibility index (Phi) is 5.94. The number of hydrogen-bond donors (Lipinski definition) is 0. The highest BCUT2D eigenvalue weighted by Crippen LogP contribution is 2.19. The van der Waals surface area contributed by atoms with Crippen molar-refractivity contribution in [2.24, 2.45) is 0 Å². The predicted molar refractivity (Wildman–Crippen MR) is 109 cm³/mol. The van der Waals surface area contributed by atoms with Gasteiger partial charge in [0.15, 0.2) is 0 Å². The number of aryl methyl sites for hydroxylation is 1. The van der Waals surface area contributed by atoms with Crippen molar-refractivity contribution in [1.82, 2.24) is 24.1 Å². The van der Waals surface area contributed by atoms with Gasteiger partial charge in [-0.05, 0) is 57.6 Å². The number of carbonyl (C=O) groups is 1. The molecule has 2 aliphatic rings. The standard InChI is InChI=1S/C21H31N5O2/c1-17-3-8-25-16-19(22-20(25)15-17)21(27)26(18-4-6-23(2)7-5-18)10-9-24-11-13-28-14-12-24/h3,8,15-16,18H,4-7,9-14H2,1-2H3. The van der Waals surface area contributed by atoms with E-state index in [4.69, 9.17) is 4.74 Å². The molecule has 0 atom stereocenters. The third kappa shape index (κ3) is 4.37. The predicted octanol–water partition coefficient (Wildman–Crippen LogP) is 1.51. The minimum Gasteiger partial charge on any atom is -0.379 e. The number of likely N-dealkylation sites (tertiary alicyclic amines) is 1. The molecule has 0 saturated carbocycles. The minimum absolute atomic E-state index is 0.0594. The van der Waals surface area contributed by atoms with Gasteiger partial charge in [0.25, 0.3) is 5.91 Å². The van der Waals surface area contributed by atoms with Gasteiger partial charge in [0.1, 0.15) is 11.3 Å². The molecular weight excluding hydrogens is 354 g/mol. The average Bonchev–Trinajstić information content (AvgIpc) is 3.13. The summed E-state index contributed by atoms with van der Waals surface area (Å²) in [6.45, 7) is 9.23. The molecule has 2 fully saturated rings. The van der Waals surface area contributed by atoms with Gasteiger partial charge in [-0.1, -0.05) is 0 Å². The van der Waals surface area contributed by atoms with Gasteiger partial charge < -0.3 is 18.9 Å². The fraction of sp³-hybridized carbons (Fsp3) is 0.619. The third-order valence-electron chi connectivity index (χ3n) is 5.99. The van der Waals surface area contributed by atoms with Crippen LogP contribution in [0.25, 0.3) is 5.65 Å². The van der Waals surface area contributed by atoms with Crippen LogP contribution < -0.4 is 0 Å². The number of amides is 1. The number of ether oxygens (including phenoxy) is 1. The van der Waals surface area contributed by atoms with Gasteiger partial charge in [0, 0.05) is 44.6 Å². The Bertz CT molecular complexity index is 806. The summed E-state index contributed by atoms with van der Waals surface area (Å²) in [4.78, 5) is 24.9. The number of aromatic nitrogens is 2. The molecule has 2 aliphatic heterocycles. The number of morpholine rings is 1. The van der Waals surface area contributed by atoms with Crippen molar-refractivity contribution in [3.8, 4) is 0 Å². The fourth-order valence-electron chi connectivity index (χ4n) is 4.16. The first-order valence-electron chi connectivity index (χ1n) is 10.3. The molecule has 0 aromatic carbocycles. The van der Waals surface area contributed by atoms with Crippen LogP contribution in [0.4, 0.5) is 0 Å². The van der Waals surface area contributed by atoms with Crippen molar-refractivity contribution in [2.75, 3.05) is 59.5 Å². The van der Waals surface area contributed by atoms with Crippen LogP contribution in [0.1, 0.15) is 28.9 Å². The van der Waals surface area contributed by atoms with Crippen molar-refractivity contribution < 1.29 is 9.53 Å². The van der Waals surface area contributed by atoms with E-state index in [1.54, 1.807) is 0 Å². The lowest BCUT2D eigenvalue weighted by Crippen LogP contribution is -2.50. The van der Waals surface area contributed by atoms with Gasteiger partial charge >= 0.3 is 0 Å². The summed E-state index contributed by atoms with van der Waals surface area (Å²) in [6.07, 6.45) is 5.89. The Morgan fingerprint density at radius 3 is 2.75 bits per heavy atom. The van der Waals surface area contributed by atoms with Crippen LogP contribution in [0.15, 0.2) is 24.5 Å². The summed E-state index contributed by atoms with van der Waals surface area (Å²) >= 11 is 0. The molecule has 4 rings (SSSR count). The summed E-state index contributed by atoms with van der Waals surface area (Å²) in [5.74, 6) is 0.0594. The summed E-state index contributed by atoms with van der Waals surface area (Å²) in [5, 5.41) is 0. The van der Waals surface area contributed by atoms with Gasteiger partial charge in [-0.25, -0.2) is 4.98 Å². The molecule has 0 unspecified atom stereocenters. The SMILES string of the molecule is Cc1ccn2cc(C(=O)N(CCN3CCOCC3)C3CCN(C)CC3)nc2c1. The highest BCUT2D eigenvalue weighted by molar-refractivity contribution is 5.93. The van der Waals surface area contributed by atoms with Crippen molar-refractivity contribution in [3.63, 3.8) is 0 Å². The first-order valence-corrected chi connectivity index (χ1v) is 10.3. The van der Waals surface area contributed by atoms with E-state index in [-0.39, 0.29) is 11.9 Å². The van der Waals surface area contributed by atoms with E-state index < -0.39 is 0 Å². The highest BCUT2D eigenvalue weighted by atomic mass is 16.5. The number of rotatable bonds is 5. The van der Waals surface area contributed by atoms with Crippen molar-refractivity contribution >= 4 is 11.6 Å². The van der Waals surface area contributed by atoms with Crippen LogP contribution in [-0.2, 0) is 4.74 Å². The number of piperidine rings is 1. The van der Waals surface area contributed by atoms with Crippen molar-refractivity contribution in [1.29, 1.82) is 0 Å². The summed E-state index contributed by atoms with van der Waals surface area (Å²) in [6, 6.07) is 4.34. The fourth-order valence-corrected chi connectivity index (χ4v) is 4.16. The van der Waals surface area contributed by atoms with Crippen LogP contribution in [-0.4, -0.2) is 95.6 Å². The smallest absolute Gasteiger partial charge is 0.274 e. The molecule has 0 bridgehead atoms. The molecular formula is C21H31N5O2. The molecule has 2 aromatic heterocycles. The maximum Gasteiger partial charge on any atom is 0.274 e. The van der Waals surface area contributed by atoms with E-state index in [1.165, 1.54) is 0 Å². The number of fused-ring (bicyclic) bond motifs is 1. The molecule has 2 aromatic rings. The van der Waals surface area contributed by atoms with Gasteiger partial charge in [-0.3, -0.25) is 9.69 Å². The molecule has 0 spiro atoms. The number of carbonyl (C=O) groups excluding carboxylic acids is 1. The Balaban J connectivity index is 1.52. The summed E-state index contributed by atoms with van der Waals surface area (Å²) < 4.78 is 7.39. The van der Waals surface area contributed by atoms with E-state index in [2.05, 4.69) is 26.7 Å². The largest absolute Gasteiger partial charge is 0.379 e. The monoisotopic (exact) mass is 385 g/mol. The van der Waals surface area contributed by atoms with Gasteiger partial charge in [-0.2, -0.15) is 0 Å². The van der Waals surface area contributed by atoms with Crippen LogP contribution in [0, 0.1) is 6.92 Å². The van der Waals surface area contributed by atoms with Crippen LogP contribution >= 0.6 is 0 Å². The first kappa shape index (κ1) is 19.4. The number of hydrogen-bond acceptors (Lipinski definition) is 5. The second-order valence-electron chi connectivity index (χ2n) is 8.08. The highest BCUT2D eigenvalue weighted by Gasteiger charge is 2.29. The molecule has 0 N–H and O–H groups in total. The molecule has 0 radical (unpaired) electrons. The lowest BCUT2D eigenvalue weighted by molar-refractivity contribution is 0.0264. The number of imidazole rings is 1. The lowest BCUT2D eigenvalue weighted by Gasteiger charge is -2.38. The maximum absolute atomic E-state index is 13.4. The lowest BCUT2D eigenvalue weighted by atomic mass is 10.0. The van der Waals surface area contributed by atoms with Gasteiger partial charge in [0.2, 0.25) is 0 Å². The molecule has 1 amide bonds. The number of pyridine rings is 1. The molecule has 7 nitrogen and oxygen atoms in total. The molecule has 7 heteroatoms. The molecule has 2 saturated heterocycles. The quantitative estimate of drug-likeness (QED) is 0.781. The van der Waals surface area contributed by atoms with E-state index in [0.717, 1.165) is 76.5 Å². The zero-order chi connectivity index (χ0) is 19.5. The zero-order valence-electron chi connectivity index (χ0n) is 17.0. The second kappa shape index (κ2) is 8.59. The van der Waals surface area contributed by atoms with Crippen molar-refractivity contribution in [2.45, 2.75) is 25.8 Å². The topological polar surface area (TPSA) is 53.3 Å². The molecule has 0 aliphatic carbocycles. The molecule has 152 valence electrons. The first-order chi connectivity index (χ1) is 13.6. The summed E-state index contributed by atoms with van der Waals surface area (Å²) in [7, 11) is 2.15. The van der Waals surface area contributed by atoms with Crippen LogP contribution in [0.3, 0.4) is 0 Å². The number of nitrogens with zero attached hydrogens (tertiary/aromatic N) is 5. The zero-order valence-corrected chi connectivity index (χ0v) is 17.0. The van der Waals surface area contributed by atoms with E-state index >= 15 is 0 Å². The molecule has 28 heavy (non-hydrogen) atoms. The Hall–Kier alpha value is -1.96. The Labute approximate surface area is 166 Å². The van der Waals surface area contributed by atoms with Gasteiger partial charge in [-0.15, -0.1) is 0 Å². The minimum atomic E-state index is 0.0594. The van der Waals surface area contributed by atoms with Crippen LogP contribution in [0.2, 0.25) is 0 Å². The third-order valence-corrected chi connectivity index (χ3v) is 5.99. The van der Waals surface area contributed by atoms with E-state index in [1.807, 2.05) is 35.9 Å². The van der Waals surface area contributed by atoms with Crippen LogP contribution in [0.5, 0.6) is 0 Å². The van der Waals surface area contributed by atoms with E-state index in [9.17, 15) is 4.79 Å². The molecule has 4 heterocycles. The van der Waals surface area contributed by atoms with Crippen molar-refractivity contribution in [3.05, 3.63) is 35.8 Å². The Morgan fingerprint density at radius 2 is 2.00 bits per heavy atom. The maximum atomic E-state index is 13.4. The normalized spacial score (nSPS) is 19.9. The van der Waals surface area contributed by atoms with Gasteiger partial charge in [0.05, 0.1) is 13.2 Å². The van der Waals surface area contributed by atoms with E-state index in [0.29, 0.717) is 5.69 Å². The second-order valence-corrected chi connectivity index (χ2v) is 8.08. The Morgan fingerprint density at radius 1 is 1.25 bits per heavy atom.